The van der Waals surface area contributed by atoms with Gasteiger partial charge in [0, 0.05) is 11.8 Å². The molecule has 2 N–H and O–H groups in total. The number of imidazole rings is 1. The van der Waals surface area contributed by atoms with Crippen LogP contribution in [-0.2, 0) is 0 Å². The summed E-state index contributed by atoms with van der Waals surface area (Å²) >= 11 is 0. The number of aromatic amines is 1. The van der Waals surface area contributed by atoms with Crippen molar-refractivity contribution in [1.29, 1.82) is 0 Å². The monoisotopic (exact) mass is 345 g/mol. The second kappa shape index (κ2) is 6.64. The molecule has 0 aliphatic heterocycles. The summed E-state index contributed by atoms with van der Waals surface area (Å²) in [7, 11) is 0. The molecule has 0 amide bonds. The average molecular weight is 345 g/mol. The Labute approximate surface area is 151 Å². The molecule has 3 aromatic carbocycles. The van der Waals surface area contributed by atoms with Gasteiger partial charge in [-0.1, -0.05) is 48.5 Å². The Bertz CT molecular complexity index is 1050. The fraction of sp³-hybridized carbons (Fsp3) is 0.136. The molecule has 0 bridgehead atoms. The first-order valence-corrected chi connectivity index (χ1v) is 8.68. The normalized spacial score (nSPS) is 12.3. The van der Waals surface area contributed by atoms with Crippen LogP contribution >= 0.6 is 0 Å². The van der Waals surface area contributed by atoms with Crippen LogP contribution in [0.25, 0.3) is 22.0 Å². The van der Waals surface area contributed by atoms with Crippen molar-refractivity contribution in [2.75, 3.05) is 5.32 Å². The first kappa shape index (κ1) is 16.3. The minimum atomic E-state index is -0.229. The fourth-order valence-electron chi connectivity index (χ4n) is 3.28. The molecule has 4 aromatic rings. The van der Waals surface area contributed by atoms with E-state index < -0.39 is 0 Å². The Hall–Kier alpha value is -3.14. The standard InChI is InChI=1S/C22H20FN3/c1-14-19-6-4-3-5-17(19)9-12-20(14)21-13-24-22(26-21)25-15(2)16-7-10-18(23)11-8-16/h3-13,15H,1-2H3,(H2,24,25,26). The summed E-state index contributed by atoms with van der Waals surface area (Å²) in [6.07, 6.45) is 1.91. The van der Waals surface area contributed by atoms with Crippen molar-refractivity contribution in [3.05, 3.63) is 83.8 Å². The molecule has 4 rings (SSSR count). The van der Waals surface area contributed by atoms with Gasteiger partial charge in [0.05, 0.1) is 11.7 Å². The second-order valence-electron chi connectivity index (χ2n) is 6.51. The van der Waals surface area contributed by atoms with E-state index in [1.807, 2.05) is 13.1 Å². The summed E-state index contributed by atoms with van der Waals surface area (Å²) < 4.78 is 13.1. The van der Waals surface area contributed by atoms with Crippen molar-refractivity contribution in [3.8, 4) is 11.3 Å². The summed E-state index contributed by atoms with van der Waals surface area (Å²) in [6, 6.07) is 19.1. The van der Waals surface area contributed by atoms with Crippen molar-refractivity contribution in [3.63, 3.8) is 0 Å². The largest absolute Gasteiger partial charge is 0.349 e. The van der Waals surface area contributed by atoms with Gasteiger partial charge in [0.1, 0.15) is 5.82 Å². The molecule has 1 heterocycles. The Morgan fingerprint density at radius 1 is 1.00 bits per heavy atom. The number of aryl methyl sites for hydroxylation is 1. The molecule has 0 aliphatic carbocycles. The molecule has 130 valence electrons. The molecule has 0 radical (unpaired) electrons. The molecule has 0 saturated heterocycles. The highest BCUT2D eigenvalue weighted by Gasteiger charge is 2.11. The van der Waals surface area contributed by atoms with Gasteiger partial charge in [-0.15, -0.1) is 0 Å². The third-order valence-electron chi connectivity index (χ3n) is 4.78. The minimum absolute atomic E-state index is 0.0206. The Morgan fingerprint density at radius 2 is 1.77 bits per heavy atom. The van der Waals surface area contributed by atoms with Gasteiger partial charge in [0.15, 0.2) is 0 Å². The number of benzene rings is 3. The zero-order valence-electron chi connectivity index (χ0n) is 14.8. The molecule has 1 atom stereocenters. The van der Waals surface area contributed by atoms with Crippen molar-refractivity contribution in [1.82, 2.24) is 9.97 Å². The molecule has 0 fully saturated rings. The smallest absolute Gasteiger partial charge is 0.201 e. The topological polar surface area (TPSA) is 40.7 Å². The number of halogens is 1. The molecule has 26 heavy (non-hydrogen) atoms. The van der Waals surface area contributed by atoms with Gasteiger partial charge >= 0.3 is 0 Å². The predicted molar refractivity (Wildman–Crippen MR) is 105 cm³/mol. The maximum absolute atomic E-state index is 13.1. The second-order valence-corrected chi connectivity index (χ2v) is 6.51. The number of aromatic nitrogens is 2. The molecule has 0 spiro atoms. The van der Waals surface area contributed by atoms with Gasteiger partial charge in [0.2, 0.25) is 5.95 Å². The molecule has 0 saturated carbocycles. The van der Waals surface area contributed by atoms with Gasteiger partial charge in [-0.05, 0) is 47.9 Å². The molecule has 1 aromatic heterocycles. The van der Waals surface area contributed by atoms with Crippen LogP contribution < -0.4 is 5.32 Å². The van der Waals surface area contributed by atoms with Crippen molar-refractivity contribution in [2.45, 2.75) is 19.9 Å². The average Bonchev–Trinajstić information content (AvgIpc) is 3.11. The number of rotatable bonds is 4. The third-order valence-corrected chi connectivity index (χ3v) is 4.78. The lowest BCUT2D eigenvalue weighted by molar-refractivity contribution is 0.626. The fourth-order valence-corrected chi connectivity index (χ4v) is 3.28. The number of nitrogens with zero attached hydrogens (tertiary/aromatic N) is 1. The van der Waals surface area contributed by atoms with Crippen molar-refractivity contribution >= 4 is 16.7 Å². The van der Waals surface area contributed by atoms with Gasteiger partial charge in [-0.2, -0.15) is 0 Å². The predicted octanol–water partition coefficient (Wildman–Crippen LogP) is 5.85. The molecular formula is C22H20FN3. The van der Waals surface area contributed by atoms with E-state index in [0.29, 0.717) is 5.95 Å². The maximum Gasteiger partial charge on any atom is 0.201 e. The molecular weight excluding hydrogens is 325 g/mol. The number of hydrogen-bond acceptors (Lipinski definition) is 2. The lowest BCUT2D eigenvalue weighted by Gasteiger charge is -2.13. The first-order valence-electron chi connectivity index (χ1n) is 8.68. The van der Waals surface area contributed by atoms with E-state index in [1.165, 1.54) is 28.5 Å². The molecule has 4 heteroatoms. The van der Waals surface area contributed by atoms with Crippen LogP contribution in [0.15, 0.2) is 66.9 Å². The number of fused-ring (bicyclic) bond motifs is 1. The van der Waals surface area contributed by atoms with Crippen LogP contribution in [0.3, 0.4) is 0 Å². The molecule has 1 unspecified atom stereocenters. The Balaban J connectivity index is 1.60. The highest BCUT2D eigenvalue weighted by Crippen LogP contribution is 2.29. The zero-order valence-corrected chi connectivity index (χ0v) is 14.8. The molecule has 0 aliphatic rings. The third kappa shape index (κ3) is 3.06. The lowest BCUT2D eigenvalue weighted by atomic mass is 9.99. The number of anilines is 1. The van der Waals surface area contributed by atoms with Crippen molar-refractivity contribution in [2.24, 2.45) is 0 Å². The van der Waals surface area contributed by atoms with E-state index in [-0.39, 0.29) is 11.9 Å². The van der Waals surface area contributed by atoms with Crippen LogP contribution in [0.2, 0.25) is 0 Å². The van der Waals surface area contributed by atoms with E-state index in [1.54, 1.807) is 12.1 Å². The number of H-pyrrole nitrogens is 1. The number of hydrogen-bond donors (Lipinski definition) is 2. The van der Waals surface area contributed by atoms with Gasteiger partial charge in [0.25, 0.3) is 0 Å². The van der Waals surface area contributed by atoms with Crippen LogP contribution in [0.4, 0.5) is 10.3 Å². The van der Waals surface area contributed by atoms with E-state index >= 15 is 0 Å². The van der Waals surface area contributed by atoms with E-state index in [0.717, 1.165) is 16.8 Å². The van der Waals surface area contributed by atoms with Crippen LogP contribution in [-0.4, -0.2) is 9.97 Å². The SMILES string of the molecule is Cc1c(-c2c[nH]c(NC(C)c3ccc(F)cc3)n2)ccc2ccccc12. The van der Waals surface area contributed by atoms with Gasteiger partial charge in [-0.25, -0.2) is 9.37 Å². The maximum atomic E-state index is 13.1. The number of nitrogens with one attached hydrogen (secondary N) is 2. The molecule has 3 nitrogen and oxygen atoms in total. The Morgan fingerprint density at radius 3 is 2.58 bits per heavy atom. The van der Waals surface area contributed by atoms with Crippen LogP contribution in [0.1, 0.15) is 24.1 Å². The van der Waals surface area contributed by atoms with Gasteiger partial charge < -0.3 is 10.3 Å². The quantitative estimate of drug-likeness (QED) is 0.487. The highest BCUT2D eigenvalue weighted by atomic mass is 19.1. The van der Waals surface area contributed by atoms with E-state index in [9.17, 15) is 4.39 Å². The summed E-state index contributed by atoms with van der Waals surface area (Å²) in [5.74, 6) is 0.470. The van der Waals surface area contributed by atoms with E-state index in [2.05, 4.69) is 53.6 Å². The highest BCUT2D eigenvalue weighted by molar-refractivity contribution is 5.91. The summed E-state index contributed by atoms with van der Waals surface area (Å²) in [6.45, 7) is 4.15. The zero-order chi connectivity index (χ0) is 18.1. The van der Waals surface area contributed by atoms with Crippen LogP contribution in [0, 0.1) is 12.7 Å². The van der Waals surface area contributed by atoms with Gasteiger partial charge in [-0.3, -0.25) is 0 Å². The van der Waals surface area contributed by atoms with Crippen LogP contribution in [0.5, 0.6) is 0 Å². The summed E-state index contributed by atoms with van der Waals surface area (Å²) in [5.41, 5.74) is 4.24. The lowest BCUT2D eigenvalue weighted by Crippen LogP contribution is -2.07. The van der Waals surface area contributed by atoms with Crippen molar-refractivity contribution < 1.29 is 4.39 Å². The summed E-state index contributed by atoms with van der Waals surface area (Å²) in [4.78, 5) is 7.89. The Kier molecular flexibility index (Phi) is 4.17. The minimum Gasteiger partial charge on any atom is -0.349 e. The first-order chi connectivity index (χ1) is 12.6. The van der Waals surface area contributed by atoms with E-state index in [4.69, 9.17) is 4.98 Å². The summed E-state index contributed by atoms with van der Waals surface area (Å²) in [5, 5.41) is 5.80.